The summed E-state index contributed by atoms with van der Waals surface area (Å²) >= 11 is 1.55. The van der Waals surface area contributed by atoms with E-state index in [9.17, 15) is 9.59 Å². The Morgan fingerprint density at radius 2 is 1.42 bits per heavy atom. The quantitative estimate of drug-likeness (QED) is 0.275. The summed E-state index contributed by atoms with van der Waals surface area (Å²) in [5.41, 5.74) is 5.94. The summed E-state index contributed by atoms with van der Waals surface area (Å²) in [6, 6.07) is 23.9. The van der Waals surface area contributed by atoms with Gasteiger partial charge in [0.2, 0.25) is 0 Å². The molecule has 0 aliphatic heterocycles. The van der Waals surface area contributed by atoms with Crippen LogP contribution in [0.25, 0.3) is 11.1 Å². The zero-order valence-electron chi connectivity index (χ0n) is 19.7. The number of amides is 1. The molecule has 0 radical (unpaired) electrons. The Morgan fingerprint density at radius 3 is 1.91 bits per heavy atom. The average Bonchev–Trinajstić information content (AvgIpc) is 2.82. The Kier molecular flexibility index (Phi) is 7.82. The summed E-state index contributed by atoms with van der Waals surface area (Å²) in [7, 11) is 1.22. The fourth-order valence-electron chi connectivity index (χ4n) is 3.45. The van der Waals surface area contributed by atoms with Crippen LogP contribution in [0.3, 0.4) is 0 Å². The number of methoxy groups -OCH3 is 1. The molecule has 3 rings (SSSR count). The minimum Gasteiger partial charge on any atom is -0.462 e. The van der Waals surface area contributed by atoms with Gasteiger partial charge in [-0.3, -0.25) is 9.69 Å². The van der Waals surface area contributed by atoms with Crippen LogP contribution in [0.4, 0.5) is 11.4 Å². The SMILES string of the molecule is COC(=O)C(=O)N(Cc1ccc(C(C)(C)C)cc1)c1ccc(-c2ccc(NSC)cc2)cc1. The van der Waals surface area contributed by atoms with Gasteiger partial charge in [0.15, 0.2) is 0 Å². The maximum Gasteiger partial charge on any atom is 0.397 e. The molecule has 0 aliphatic rings. The fourth-order valence-corrected chi connectivity index (χ4v) is 3.82. The minimum atomic E-state index is -0.887. The van der Waals surface area contributed by atoms with Gasteiger partial charge < -0.3 is 9.46 Å². The van der Waals surface area contributed by atoms with Crippen molar-refractivity contribution in [3.05, 3.63) is 83.9 Å². The van der Waals surface area contributed by atoms with E-state index in [1.807, 2.05) is 66.9 Å². The normalized spacial score (nSPS) is 11.1. The summed E-state index contributed by atoms with van der Waals surface area (Å²) in [4.78, 5) is 26.3. The summed E-state index contributed by atoms with van der Waals surface area (Å²) in [6.07, 6.45) is 1.98. The molecule has 1 amide bonds. The van der Waals surface area contributed by atoms with E-state index < -0.39 is 11.9 Å². The molecule has 0 heterocycles. The molecule has 0 unspecified atom stereocenters. The zero-order valence-corrected chi connectivity index (χ0v) is 20.5. The third-order valence-electron chi connectivity index (χ3n) is 5.38. The third-order valence-corrected chi connectivity index (χ3v) is 5.82. The lowest BCUT2D eigenvalue weighted by Crippen LogP contribution is -2.36. The number of hydrogen-bond donors (Lipinski definition) is 1. The molecule has 0 saturated heterocycles. The van der Waals surface area contributed by atoms with Crippen molar-refractivity contribution >= 4 is 35.2 Å². The summed E-state index contributed by atoms with van der Waals surface area (Å²) < 4.78 is 7.90. The molecule has 6 heteroatoms. The Hall–Kier alpha value is -3.25. The van der Waals surface area contributed by atoms with Crippen LogP contribution < -0.4 is 9.62 Å². The molecule has 0 aliphatic carbocycles. The van der Waals surface area contributed by atoms with Crippen LogP contribution in [-0.4, -0.2) is 25.2 Å². The van der Waals surface area contributed by atoms with Crippen LogP contribution >= 0.6 is 11.9 Å². The van der Waals surface area contributed by atoms with Gasteiger partial charge in [0.1, 0.15) is 0 Å². The van der Waals surface area contributed by atoms with Crippen LogP contribution in [-0.2, 0) is 26.3 Å². The van der Waals surface area contributed by atoms with Gasteiger partial charge in [-0.05, 0) is 51.9 Å². The number of esters is 1. The van der Waals surface area contributed by atoms with E-state index in [1.165, 1.54) is 17.6 Å². The molecular weight excluding hydrogens is 432 g/mol. The lowest BCUT2D eigenvalue weighted by molar-refractivity contribution is -0.151. The smallest absolute Gasteiger partial charge is 0.397 e. The number of benzene rings is 3. The monoisotopic (exact) mass is 462 g/mol. The number of nitrogens with zero attached hydrogens (tertiary/aromatic N) is 1. The number of ether oxygens (including phenoxy) is 1. The molecular formula is C27H30N2O3S. The Bertz CT molecular complexity index is 1090. The average molecular weight is 463 g/mol. The van der Waals surface area contributed by atoms with Crippen LogP contribution in [0, 0.1) is 0 Å². The van der Waals surface area contributed by atoms with Crippen LogP contribution in [0.2, 0.25) is 0 Å². The Morgan fingerprint density at radius 1 is 0.879 bits per heavy atom. The fraction of sp³-hybridized carbons (Fsp3) is 0.259. The van der Waals surface area contributed by atoms with Crippen LogP contribution in [0.1, 0.15) is 31.9 Å². The second-order valence-corrected chi connectivity index (χ2v) is 9.37. The van der Waals surface area contributed by atoms with Crippen molar-refractivity contribution < 1.29 is 14.3 Å². The molecule has 33 heavy (non-hydrogen) atoms. The molecule has 0 atom stereocenters. The van der Waals surface area contributed by atoms with Gasteiger partial charge in [-0.2, -0.15) is 0 Å². The topological polar surface area (TPSA) is 58.6 Å². The molecule has 3 aromatic carbocycles. The van der Waals surface area contributed by atoms with Crippen LogP contribution in [0.5, 0.6) is 0 Å². The van der Waals surface area contributed by atoms with Crippen molar-refractivity contribution in [3.63, 3.8) is 0 Å². The summed E-state index contributed by atoms with van der Waals surface area (Å²) in [5.74, 6) is -1.58. The highest BCUT2D eigenvalue weighted by Gasteiger charge is 2.24. The van der Waals surface area contributed by atoms with Gasteiger partial charge in [0.05, 0.1) is 13.7 Å². The van der Waals surface area contributed by atoms with E-state index in [4.69, 9.17) is 4.74 Å². The number of rotatable bonds is 6. The summed E-state index contributed by atoms with van der Waals surface area (Å²) in [6.45, 7) is 6.74. The van der Waals surface area contributed by atoms with E-state index in [0.29, 0.717) is 5.69 Å². The number of nitrogens with one attached hydrogen (secondary N) is 1. The molecule has 3 aromatic rings. The molecule has 0 bridgehead atoms. The predicted octanol–water partition coefficient (Wildman–Crippen LogP) is 6.05. The van der Waals surface area contributed by atoms with Crippen molar-refractivity contribution in [3.8, 4) is 11.1 Å². The highest BCUT2D eigenvalue weighted by Crippen LogP contribution is 2.27. The first-order valence-corrected chi connectivity index (χ1v) is 11.9. The van der Waals surface area contributed by atoms with Gasteiger partial charge in [-0.25, -0.2) is 4.79 Å². The Balaban J connectivity index is 1.86. The van der Waals surface area contributed by atoms with Gasteiger partial charge in [-0.1, -0.05) is 81.3 Å². The second kappa shape index (κ2) is 10.6. The molecule has 0 fully saturated rings. The number of anilines is 2. The second-order valence-electron chi connectivity index (χ2n) is 8.76. The maximum atomic E-state index is 12.8. The van der Waals surface area contributed by atoms with E-state index >= 15 is 0 Å². The highest BCUT2D eigenvalue weighted by atomic mass is 32.2. The molecule has 1 N–H and O–H groups in total. The van der Waals surface area contributed by atoms with Gasteiger partial charge >= 0.3 is 11.9 Å². The van der Waals surface area contributed by atoms with Crippen LogP contribution in [0.15, 0.2) is 72.8 Å². The molecule has 0 aromatic heterocycles. The number of carbonyl (C=O) groups is 2. The van der Waals surface area contributed by atoms with Gasteiger partial charge in [-0.15, -0.1) is 0 Å². The van der Waals surface area contributed by atoms with Crippen molar-refractivity contribution in [1.82, 2.24) is 0 Å². The van der Waals surface area contributed by atoms with Crippen molar-refractivity contribution in [1.29, 1.82) is 0 Å². The lowest BCUT2D eigenvalue weighted by atomic mass is 9.87. The molecule has 0 spiro atoms. The molecule has 172 valence electrons. The minimum absolute atomic E-state index is 0.0412. The van der Waals surface area contributed by atoms with Crippen molar-refractivity contribution in [2.24, 2.45) is 0 Å². The molecule has 0 saturated carbocycles. The first-order chi connectivity index (χ1) is 15.7. The lowest BCUT2D eigenvalue weighted by Gasteiger charge is -2.23. The highest BCUT2D eigenvalue weighted by molar-refractivity contribution is 7.99. The first-order valence-electron chi connectivity index (χ1n) is 10.7. The standard InChI is InChI=1S/C27H30N2O3S/c1-27(2,3)22-12-6-19(7-13-22)18-29(25(30)26(31)32-4)24-16-10-21(11-17-24)20-8-14-23(15-9-20)28-33-5/h6-17,28H,18H2,1-5H3. The van der Waals surface area contributed by atoms with E-state index in [0.717, 1.165) is 22.4 Å². The third kappa shape index (κ3) is 6.17. The predicted molar refractivity (Wildman–Crippen MR) is 137 cm³/mol. The van der Waals surface area contributed by atoms with Crippen molar-refractivity contribution in [2.45, 2.75) is 32.7 Å². The van der Waals surface area contributed by atoms with E-state index in [-0.39, 0.29) is 12.0 Å². The molecule has 5 nitrogen and oxygen atoms in total. The Labute approximate surface area is 200 Å². The van der Waals surface area contributed by atoms with Gasteiger partial charge in [0, 0.05) is 17.6 Å². The van der Waals surface area contributed by atoms with E-state index in [2.05, 4.69) is 37.6 Å². The van der Waals surface area contributed by atoms with Crippen molar-refractivity contribution in [2.75, 3.05) is 23.0 Å². The first kappa shape index (κ1) is 24.4. The number of hydrogen-bond acceptors (Lipinski definition) is 5. The summed E-state index contributed by atoms with van der Waals surface area (Å²) in [5, 5.41) is 0. The maximum absolute atomic E-state index is 12.8. The largest absolute Gasteiger partial charge is 0.462 e. The van der Waals surface area contributed by atoms with Gasteiger partial charge in [0.25, 0.3) is 0 Å². The number of carbonyl (C=O) groups excluding carboxylic acids is 2. The zero-order chi connectivity index (χ0) is 24.0. The van der Waals surface area contributed by atoms with E-state index in [1.54, 1.807) is 11.9 Å².